The van der Waals surface area contributed by atoms with Crippen molar-refractivity contribution in [3.8, 4) is 0 Å². The standard InChI is InChI=1S/C15H19N3S/c1-11-18-9-13(19-11)8-16-10-15-14-5-3-2-4-12(14)6-7-17-15/h2-5,9,15-17H,6-8,10H2,1H3. The van der Waals surface area contributed by atoms with E-state index in [1.54, 1.807) is 11.3 Å². The number of aryl methyl sites for hydroxylation is 1. The Balaban J connectivity index is 1.59. The second-order valence-corrected chi connectivity index (χ2v) is 6.25. The van der Waals surface area contributed by atoms with Gasteiger partial charge in [-0.25, -0.2) is 4.98 Å². The van der Waals surface area contributed by atoms with Crippen molar-refractivity contribution in [3.63, 3.8) is 0 Å². The molecule has 0 aliphatic carbocycles. The Morgan fingerprint density at radius 3 is 3.16 bits per heavy atom. The Bertz CT molecular complexity index is 550. The van der Waals surface area contributed by atoms with E-state index in [1.807, 2.05) is 13.1 Å². The summed E-state index contributed by atoms with van der Waals surface area (Å²) < 4.78 is 0. The van der Waals surface area contributed by atoms with Crippen LogP contribution in [-0.2, 0) is 13.0 Å². The van der Waals surface area contributed by atoms with E-state index in [2.05, 4.69) is 39.9 Å². The van der Waals surface area contributed by atoms with Crippen LogP contribution in [0.3, 0.4) is 0 Å². The van der Waals surface area contributed by atoms with Gasteiger partial charge in [-0.1, -0.05) is 24.3 Å². The molecule has 0 spiro atoms. The van der Waals surface area contributed by atoms with Crippen molar-refractivity contribution in [2.75, 3.05) is 13.1 Å². The zero-order chi connectivity index (χ0) is 13.1. The summed E-state index contributed by atoms with van der Waals surface area (Å²) in [4.78, 5) is 5.59. The topological polar surface area (TPSA) is 37.0 Å². The SMILES string of the molecule is Cc1ncc(CNCC2NCCc3ccccc32)s1. The lowest BCUT2D eigenvalue weighted by molar-refractivity contribution is 0.469. The highest BCUT2D eigenvalue weighted by atomic mass is 32.1. The quantitative estimate of drug-likeness (QED) is 0.898. The molecule has 1 aliphatic heterocycles. The van der Waals surface area contributed by atoms with Crippen LogP contribution in [0.25, 0.3) is 0 Å². The molecule has 19 heavy (non-hydrogen) atoms. The van der Waals surface area contributed by atoms with Gasteiger partial charge in [0.1, 0.15) is 0 Å². The summed E-state index contributed by atoms with van der Waals surface area (Å²) in [7, 11) is 0. The molecule has 2 aromatic rings. The minimum absolute atomic E-state index is 0.430. The molecule has 2 heterocycles. The van der Waals surface area contributed by atoms with Crippen LogP contribution in [0.1, 0.15) is 27.1 Å². The Morgan fingerprint density at radius 1 is 1.42 bits per heavy atom. The first kappa shape index (κ1) is 12.8. The lowest BCUT2D eigenvalue weighted by Gasteiger charge is -2.27. The number of nitrogens with zero attached hydrogens (tertiary/aromatic N) is 1. The summed E-state index contributed by atoms with van der Waals surface area (Å²) in [6.45, 7) is 5.00. The zero-order valence-corrected chi connectivity index (χ0v) is 12.0. The number of fused-ring (bicyclic) bond motifs is 1. The number of rotatable bonds is 4. The molecule has 1 atom stereocenters. The summed E-state index contributed by atoms with van der Waals surface area (Å²) in [6, 6.07) is 9.18. The van der Waals surface area contributed by atoms with E-state index in [0.717, 1.165) is 31.1 Å². The van der Waals surface area contributed by atoms with Gasteiger partial charge in [-0.05, 0) is 31.0 Å². The van der Waals surface area contributed by atoms with E-state index in [9.17, 15) is 0 Å². The Labute approximate surface area is 118 Å². The molecule has 0 fully saturated rings. The van der Waals surface area contributed by atoms with Crippen LogP contribution in [0.15, 0.2) is 30.5 Å². The van der Waals surface area contributed by atoms with E-state index in [1.165, 1.54) is 16.0 Å². The second kappa shape index (κ2) is 5.82. The third-order valence-electron chi connectivity index (χ3n) is 3.53. The van der Waals surface area contributed by atoms with Gasteiger partial charge in [0, 0.05) is 30.2 Å². The molecule has 1 aromatic heterocycles. The van der Waals surface area contributed by atoms with Gasteiger partial charge < -0.3 is 10.6 Å². The van der Waals surface area contributed by atoms with Gasteiger partial charge in [-0.15, -0.1) is 11.3 Å². The zero-order valence-electron chi connectivity index (χ0n) is 11.1. The van der Waals surface area contributed by atoms with Crippen molar-refractivity contribution < 1.29 is 0 Å². The Morgan fingerprint density at radius 2 is 2.32 bits per heavy atom. The molecule has 0 amide bonds. The third-order valence-corrected chi connectivity index (χ3v) is 4.45. The van der Waals surface area contributed by atoms with Crippen molar-refractivity contribution >= 4 is 11.3 Å². The van der Waals surface area contributed by atoms with E-state index in [0.29, 0.717) is 6.04 Å². The second-order valence-electron chi connectivity index (χ2n) is 4.93. The van der Waals surface area contributed by atoms with Gasteiger partial charge in [0.25, 0.3) is 0 Å². The van der Waals surface area contributed by atoms with Crippen molar-refractivity contribution in [1.29, 1.82) is 0 Å². The summed E-state index contributed by atoms with van der Waals surface area (Å²) in [5.41, 5.74) is 2.93. The number of thiazole rings is 1. The molecule has 1 unspecified atom stereocenters. The molecule has 0 saturated carbocycles. The first-order valence-corrected chi connectivity index (χ1v) is 7.58. The molecular formula is C15H19N3S. The van der Waals surface area contributed by atoms with Crippen LogP contribution < -0.4 is 10.6 Å². The minimum Gasteiger partial charge on any atom is -0.310 e. The van der Waals surface area contributed by atoms with E-state index in [-0.39, 0.29) is 0 Å². The van der Waals surface area contributed by atoms with Gasteiger partial charge >= 0.3 is 0 Å². The van der Waals surface area contributed by atoms with E-state index in [4.69, 9.17) is 0 Å². The van der Waals surface area contributed by atoms with Crippen molar-refractivity contribution in [1.82, 2.24) is 15.6 Å². The normalized spacial score (nSPS) is 18.3. The fraction of sp³-hybridized carbons (Fsp3) is 0.400. The number of benzene rings is 1. The molecule has 4 heteroatoms. The third kappa shape index (κ3) is 3.03. The summed E-state index contributed by atoms with van der Waals surface area (Å²) >= 11 is 1.77. The Hall–Kier alpha value is -1.23. The monoisotopic (exact) mass is 273 g/mol. The van der Waals surface area contributed by atoms with Crippen LogP contribution in [0.4, 0.5) is 0 Å². The first-order valence-electron chi connectivity index (χ1n) is 6.76. The molecule has 2 N–H and O–H groups in total. The maximum atomic E-state index is 4.28. The van der Waals surface area contributed by atoms with Crippen molar-refractivity contribution in [2.24, 2.45) is 0 Å². The minimum atomic E-state index is 0.430. The Kier molecular flexibility index (Phi) is 3.92. The van der Waals surface area contributed by atoms with Gasteiger partial charge in [-0.2, -0.15) is 0 Å². The largest absolute Gasteiger partial charge is 0.310 e. The highest BCUT2D eigenvalue weighted by Crippen LogP contribution is 2.22. The maximum absolute atomic E-state index is 4.28. The van der Waals surface area contributed by atoms with Gasteiger partial charge in [-0.3, -0.25) is 0 Å². The summed E-state index contributed by atoms with van der Waals surface area (Å²) in [6.07, 6.45) is 3.11. The molecule has 0 radical (unpaired) electrons. The van der Waals surface area contributed by atoms with Crippen LogP contribution in [0, 0.1) is 6.92 Å². The molecule has 3 rings (SSSR count). The van der Waals surface area contributed by atoms with E-state index >= 15 is 0 Å². The lowest BCUT2D eigenvalue weighted by Crippen LogP contribution is -2.36. The molecular weight excluding hydrogens is 254 g/mol. The molecule has 3 nitrogen and oxygen atoms in total. The van der Waals surface area contributed by atoms with Crippen LogP contribution in [0.5, 0.6) is 0 Å². The van der Waals surface area contributed by atoms with Crippen LogP contribution in [-0.4, -0.2) is 18.1 Å². The molecule has 1 aliphatic rings. The van der Waals surface area contributed by atoms with Crippen LogP contribution in [0.2, 0.25) is 0 Å². The number of nitrogens with one attached hydrogen (secondary N) is 2. The molecule has 100 valence electrons. The molecule has 1 aromatic carbocycles. The predicted molar refractivity (Wildman–Crippen MR) is 79.4 cm³/mol. The highest BCUT2D eigenvalue weighted by molar-refractivity contribution is 7.11. The number of aromatic nitrogens is 1. The smallest absolute Gasteiger partial charge is 0.0897 e. The maximum Gasteiger partial charge on any atom is 0.0897 e. The average Bonchev–Trinajstić information content (AvgIpc) is 2.85. The van der Waals surface area contributed by atoms with Crippen LogP contribution >= 0.6 is 11.3 Å². The fourth-order valence-electron chi connectivity index (χ4n) is 2.60. The fourth-order valence-corrected chi connectivity index (χ4v) is 3.37. The van der Waals surface area contributed by atoms with Crippen molar-refractivity contribution in [2.45, 2.75) is 25.9 Å². The highest BCUT2D eigenvalue weighted by Gasteiger charge is 2.18. The first-order chi connectivity index (χ1) is 9.33. The average molecular weight is 273 g/mol. The summed E-state index contributed by atoms with van der Waals surface area (Å²) in [5.74, 6) is 0. The lowest BCUT2D eigenvalue weighted by atomic mass is 9.94. The molecule has 0 bridgehead atoms. The van der Waals surface area contributed by atoms with E-state index < -0.39 is 0 Å². The number of hydrogen-bond acceptors (Lipinski definition) is 4. The molecule has 0 saturated heterocycles. The van der Waals surface area contributed by atoms with Gasteiger partial charge in [0.2, 0.25) is 0 Å². The van der Waals surface area contributed by atoms with Gasteiger partial charge in [0.15, 0.2) is 0 Å². The number of hydrogen-bond donors (Lipinski definition) is 2. The van der Waals surface area contributed by atoms with Crippen molar-refractivity contribution in [3.05, 3.63) is 51.5 Å². The van der Waals surface area contributed by atoms with Gasteiger partial charge in [0.05, 0.1) is 5.01 Å². The predicted octanol–water partition coefficient (Wildman–Crippen LogP) is 2.43. The summed E-state index contributed by atoms with van der Waals surface area (Å²) in [5, 5.41) is 8.26.